The highest BCUT2D eigenvalue weighted by Crippen LogP contribution is 2.13. The summed E-state index contributed by atoms with van der Waals surface area (Å²) >= 11 is 0. The molecule has 0 unspecified atom stereocenters. The molecular weight excluding hydrogens is 300 g/mol. The molecular formula is C20H32N2O2. The average molecular weight is 332 g/mol. The number of amides is 2. The van der Waals surface area contributed by atoms with Gasteiger partial charge in [0, 0.05) is 37.3 Å². The van der Waals surface area contributed by atoms with Crippen molar-refractivity contribution in [2.75, 3.05) is 26.2 Å². The molecule has 0 fully saturated rings. The van der Waals surface area contributed by atoms with Gasteiger partial charge in [-0.3, -0.25) is 9.59 Å². The van der Waals surface area contributed by atoms with Gasteiger partial charge in [-0.15, -0.1) is 0 Å². The second-order valence-electron chi connectivity index (χ2n) is 6.17. The quantitative estimate of drug-likeness (QED) is 0.644. The zero-order chi connectivity index (χ0) is 17.9. The molecule has 0 N–H and O–H groups in total. The van der Waals surface area contributed by atoms with Crippen LogP contribution in [0.5, 0.6) is 0 Å². The van der Waals surface area contributed by atoms with Gasteiger partial charge in [0.2, 0.25) is 0 Å². The van der Waals surface area contributed by atoms with E-state index in [4.69, 9.17) is 0 Å². The van der Waals surface area contributed by atoms with Crippen LogP contribution in [-0.4, -0.2) is 47.8 Å². The molecule has 0 heterocycles. The summed E-state index contributed by atoms with van der Waals surface area (Å²) in [6.45, 7) is 11.3. The van der Waals surface area contributed by atoms with Crippen molar-refractivity contribution in [3.8, 4) is 0 Å². The fourth-order valence-electron chi connectivity index (χ4n) is 2.86. The van der Waals surface area contributed by atoms with Crippen molar-refractivity contribution < 1.29 is 9.59 Å². The third-order valence-electron chi connectivity index (χ3n) is 3.90. The molecule has 1 rings (SSSR count). The summed E-state index contributed by atoms with van der Waals surface area (Å²) in [5, 5.41) is 0. The molecule has 0 aliphatic rings. The minimum atomic E-state index is 0.0193. The molecule has 0 atom stereocenters. The molecule has 0 bridgehead atoms. The molecule has 1 aromatic rings. The zero-order valence-electron chi connectivity index (χ0n) is 15.7. The number of benzene rings is 1. The van der Waals surface area contributed by atoms with Crippen LogP contribution >= 0.6 is 0 Å². The predicted molar refractivity (Wildman–Crippen MR) is 99.4 cm³/mol. The largest absolute Gasteiger partial charge is 0.339 e. The highest BCUT2D eigenvalue weighted by atomic mass is 16.2. The van der Waals surface area contributed by atoms with Crippen molar-refractivity contribution >= 4 is 11.8 Å². The van der Waals surface area contributed by atoms with Crippen molar-refractivity contribution in [3.05, 3.63) is 35.4 Å². The number of nitrogens with zero attached hydrogens (tertiary/aromatic N) is 2. The zero-order valence-corrected chi connectivity index (χ0v) is 15.7. The first-order valence-corrected chi connectivity index (χ1v) is 9.27. The lowest BCUT2D eigenvalue weighted by atomic mass is 10.1. The Morgan fingerprint density at radius 1 is 0.708 bits per heavy atom. The first kappa shape index (κ1) is 20.2. The van der Waals surface area contributed by atoms with Crippen molar-refractivity contribution in [1.29, 1.82) is 0 Å². The first-order valence-electron chi connectivity index (χ1n) is 9.27. The molecule has 24 heavy (non-hydrogen) atoms. The fraction of sp³-hybridized carbons (Fsp3) is 0.600. The molecule has 134 valence electrons. The van der Waals surface area contributed by atoms with Gasteiger partial charge in [0.25, 0.3) is 11.8 Å². The Morgan fingerprint density at radius 3 is 1.33 bits per heavy atom. The normalized spacial score (nSPS) is 10.5. The maximum Gasteiger partial charge on any atom is 0.253 e. The van der Waals surface area contributed by atoms with E-state index < -0.39 is 0 Å². The van der Waals surface area contributed by atoms with Crippen molar-refractivity contribution in [2.24, 2.45) is 0 Å². The minimum absolute atomic E-state index is 0.0193. The topological polar surface area (TPSA) is 40.6 Å². The summed E-state index contributed by atoms with van der Waals surface area (Å²) in [7, 11) is 0. The number of carbonyl (C=O) groups is 2. The molecule has 1 aromatic carbocycles. The van der Waals surface area contributed by atoms with Crippen LogP contribution in [0.2, 0.25) is 0 Å². The SMILES string of the molecule is CCCN(CCC)C(=O)c1cccc(C(=O)N(CCC)CCC)c1. The summed E-state index contributed by atoms with van der Waals surface area (Å²) in [6.07, 6.45) is 3.74. The lowest BCUT2D eigenvalue weighted by Crippen LogP contribution is -2.34. The third kappa shape index (κ3) is 5.66. The van der Waals surface area contributed by atoms with E-state index in [2.05, 4.69) is 27.7 Å². The fourth-order valence-corrected chi connectivity index (χ4v) is 2.86. The molecule has 0 saturated heterocycles. The van der Waals surface area contributed by atoms with Gasteiger partial charge in [-0.2, -0.15) is 0 Å². The standard InChI is InChI=1S/C20H32N2O2/c1-5-12-21(13-6-2)19(23)17-10-9-11-18(16-17)20(24)22(14-7-3)15-8-4/h9-11,16H,5-8,12-15H2,1-4H3. The Labute approximate surface area is 146 Å². The van der Waals surface area contributed by atoms with E-state index >= 15 is 0 Å². The van der Waals surface area contributed by atoms with Crippen molar-refractivity contribution in [1.82, 2.24) is 9.80 Å². The predicted octanol–water partition coefficient (Wildman–Crippen LogP) is 4.21. The van der Waals surface area contributed by atoms with E-state index in [1.54, 1.807) is 18.2 Å². The van der Waals surface area contributed by atoms with Crippen LogP contribution in [0.15, 0.2) is 24.3 Å². The summed E-state index contributed by atoms with van der Waals surface area (Å²) < 4.78 is 0. The second-order valence-corrected chi connectivity index (χ2v) is 6.17. The van der Waals surface area contributed by atoms with Crippen LogP contribution in [0, 0.1) is 0 Å². The van der Waals surface area contributed by atoms with Gasteiger partial charge in [-0.25, -0.2) is 0 Å². The summed E-state index contributed by atoms with van der Waals surface area (Å²) in [5.41, 5.74) is 1.21. The van der Waals surface area contributed by atoms with Crippen LogP contribution in [-0.2, 0) is 0 Å². The molecule has 2 amide bonds. The minimum Gasteiger partial charge on any atom is -0.339 e. The molecule has 0 saturated carbocycles. The Kier molecular flexibility index (Phi) is 9.13. The number of carbonyl (C=O) groups excluding carboxylic acids is 2. The highest BCUT2D eigenvalue weighted by molar-refractivity contribution is 5.99. The van der Waals surface area contributed by atoms with Gasteiger partial charge >= 0.3 is 0 Å². The lowest BCUT2D eigenvalue weighted by Gasteiger charge is -2.23. The van der Waals surface area contributed by atoms with Crippen LogP contribution in [0.1, 0.15) is 74.1 Å². The van der Waals surface area contributed by atoms with Crippen LogP contribution in [0.3, 0.4) is 0 Å². The van der Waals surface area contributed by atoms with E-state index in [-0.39, 0.29) is 11.8 Å². The van der Waals surface area contributed by atoms with Gasteiger partial charge < -0.3 is 9.80 Å². The summed E-state index contributed by atoms with van der Waals surface area (Å²) in [6, 6.07) is 7.18. The molecule has 0 spiro atoms. The first-order chi connectivity index (χ1) is 11.6. The number of rotatable bonds is 10. The van der Waals surface area contributed by atoms with Crippen LogP contribution in [0.4, 0.5) is 0 Å². The molecule has 0 aliphatic carbocycles. The van der Waals surface area contributed by atoms with Gasteiger partial charge in [0.15, 0.2) is 0 Å². The summed E-state index contributed by atoms with van der Waals surface area (Å²) in [4.78, 5) is 29.2. The van der Waals surface area contributed by atoms with Crippen LogP contribution in [0.25, 0.3) is 0 Å². The molecule has 0 aliphatic heterocycles. The van der Waals surface area contributed by atoms with Gasteiger partial charge in [0.05, 0.1) is 0 Å². The van der Waals surface area contributed by atoms with Gasteiger partial charge in [-0.1, -0.05) is 33.8 Å². The molecule has 0 radical (unpaired) electrons. The summed E-state index contributed by atoms with van der Waals surface area (Å²) in [5.74, 6) is 0.0387. The van der Waals surface area contributed by atoms with E-state index in [0.29, 0.717) is 11.1 Å². The van der Waals surface area contributed by atoms with Crippen molar-refractivity contribution in [3.63, 3.8) is 0 Å². The highest BCUT2D eigenvalue weighted by Gasteiger charge is 2.18. The second kappa shape index (κ2) is 10.8. The molecule has 4 heteroatoms. The Balaban J connectivity index is 2.99. The van der Waals surface area contributed by atoms with E-state index in [0.717, 1.165) is 51.9 Å². The lowest BCUT2D eigenvalue weighted by molar-refractivity contribution is 0.0754. The maximum atomic E-state index is 12.7. The Morgan fingerprint density at radius 2 is 1.04 bits per heavy atom. The van der Waals surface area contributed by atoms with E-state index in [1.807, 2.05) is 15.9 Å². The maximum absolute atomic E-state index is 12.7. The van der Waals surface area contributed by atoms with Crippen molar-refractivity contribution in [2.45, 2.75) is 53.4 Å². The Hall–Kier alpha value is -1.84. The number of hydrogen-bond acceptors (Lipinski definition) is 2. The monoisotopic (exact) mass is 332 g/mol. The van der Waals surface area contributed by atoms with Gasteiger partial charge in [0.1, 0.15) is 0 Å². The smallest absolute Gasteiger partial charge is 0.253 e. The third-order valence-corrected chi connectivity index (χ3v) is 3.90. The Bertz CT molecular complexity index is 473. The average Bonchev–Trinajstić information content (AvgIpc) is 2.60. The number of hydrogen-bond donors (Lipinski definition) is 0. The van der Waals surface area contributed by atoms with Gasteiger partial charge in [-0.05, 0) is 43.9 Å². The van der Waals surface area contributed by atoms with E-state index in [1.165, 1.54) is 0 Å². The molecule has 0 aromatic heterocycles. The van der Waals surface area contributed by atoms with E-state index in [9.17, 15) is 9.59 Å². The molecule has 4 nitrogen and oxygen atoms in total. The van der Waals surface area contributed by atoms with Crippen LogP contribution < -0.4 is 0 Å².